The zero-order chi connectivity index (χ0) is 33.6. The fourth-order valence-electron chi connectivity index (χ4n) is 6.60. The van der Waals surface area contributed by atoms with Crippen molar-refractivity contribution in [2.75, 3.05) is 37.7 Å². The molecule has 0 saturated carbocycles. The Labute approximate surface area is 287 Å². The smallest absolute Gasteiger partial charge is 0.167 e. The first-order valence-electron chi connectivity index (χ1n) is 17.3. The second-order valence-electron chi connectivity index (χ2n) is 12.9. The van der Waals surface area contributed by atoms with E-state index >= 15 is 4.39 Å². The van der Waals surface area contributed by atoms with Crippen molar-refractivity contribution in [3.05, 3.63) is 109 Å². The van der Waals surface area contributed by atoms with Crippen LogP contribution in [-0.2, 0) is 11.3 Å². The van der Waals surface area contributed by atoms with Crippen LogP contribution in [0.2, 0.25) is 0 Å². The molecule has 8 rings (SSSR count). The van der Waals surface area contributed by atoms with E-state index in [1.165, 1.54) is 5.56 Å². The maximum absolute atomic E-state index is 15.1. The van der Waals surface area contributed by atoms with Gasteiger partial charge >= 0.3 is 0 Å². The molecular weight excluding hydrogens is 619 g/mol. The monoisotopic (exact) mass is 662 g/mol. The number of benzene rings is 3. The van der Waals surface area contributed by atoms with E-state index in [2.05, 4.69) is 46.9 Å². The minimum Gasteiger partial charge on any atom is -0.489 e. The molecule has 3 aliphatic heterocycles. The Morgan fingerprint density at radius 2 is 1.90 bits per heavy atom. The minimum absolute atomic E-state index is 0.0377. The summed E-state index contributed by atoms with van der Waals surface area (Å²) in [5.74, 6) is 1.59. The Morgan fingerprint density at radius 3 is 2.65 bits per heavy atom. The maximum atomic E-state index is 15.1. The van der Waals surface area contributed by atoms with Crippen LogP contribution in [0.4, 0.5) is 15.8 Å². The number of fused-ring (bicyclic) bond motifs is 2. The maximum Gasteiger partial charge on any atom is 0.167 e. The molecule has 0 N–H and O–H groups in total. The van der Waals surface area contributed by atoms with Crippen molar-refractivity contribution in [1.29, 1.82) is 0 Å². The van der Waals surface area contributed by atoms with E-state index < -0.39 is 0 Å². The summed E-state index contributed by atoms with van der Waals surface area (Å²) in [4.78, 5) is 4.47. The molecule has 5 aromatic rings. The van der Waals surface area contributed by atoms with Gasteiger partial charge in [0.15, 0.2) is 17.8 Å². The van der Waals surface area contributed by atoms with Crippen LogP contribution in [0.5, 0.6) is 17.2 Å². The molecule has 2 atom stereocenters. The molecule has 2 saturated heterocycles. The van der Waals surface area contributed by atoms with Gasteiger partial charge in [0.1, 0.15) is 30.8 Å². The summed E-state index contributed by atoms with van der Waals surface area (Å²) in [6, 6.07) is 30.7. The van der Waals surface area contributed by atoms with Crippen molar-refractivity contribution in [1.82, 2.24) is 14.7 Å². The van der Waals surface area contributed by atoms with E-state index in [1.807, 2.05) is 59.4 Å². The third-order valence-corrected chi connectivity index (χ3v) is 9.11. The van der Waals surface area contributed by atoms with E-state index in [9.17, 15) is 0 Å². The van der Waals surface area contributed by atoms with Gasteiger partial charge in [0, 0.05) is 49.0 Å². The van der Waals surface area contributed by atoms with Gasteiger partial charge in [-0.15, -0.1) is 0 Å². The molecule has 0 radical (unpaired) electrons. The Balaban J connectivity index is 0.000000226. The molecule has 8 nitrogen and oxygen atoms in total. The predicted molar refractivity (Wildman–Crippen MR) is 188 cm³/mol. The molecule has 254 valence electrons. The lowest BCUT2D eigenvalue weighted by Gasteiger charge is -2.39. The van der Waals surface area contributed by atoms with Gasteiger partial charge < -0.3 is 23.8 Å². The highest BCUT2D eigenvalue weighted by Crippen LogP contribution is 2.43. The van der Waals surface area contributed by atoms with Crippen LogP contribution < -0.4 is 19.1 Å². The van der Waals surface area contributed by atoms with E-state index in [0.717, 1.165) is 85.7 Å². The van der Waals surface area contributed by atoms with Crippen molar-refractivity contribution in [3.63, 3.8) is 0 Å². The lowest BCUT2D eigenvalue weighted by atomic mass is 10.1. The van der Waals surface area contributed by atoms with Crippen molar-refractivity contribution in [2.24, 2.45) is 0 Å². The van der Waals surface area contributed by atoms with Crippen molar-refractivity contribution >= 4 is 22.3 Å². The molecular formula is C40H43FN4O4. The van der Waals surface area contributed by atoms with Gasteiger partial charge in [0.05, 0.1) is 23.4 Å². The second kappa shape index (κ2) is 15.2. The van der Waals surface area contributed by atoms with E-state index in [4.69, 9.17) is 18.9 Å². The third kappa shape index (κ3) is 7.61. The van der Waals surface area contributed by atoms with Crippen LogP contribution in [0.3, 0.4) is 0 Å². The fourth-order valence-corrected chi connectivity index (χ4v) is 6.60. The number of likely N-dealkylation sites (tertiary alicyclic amines) is 1. The van der Waals surface area contributed by atoms with Gasteiger partial charge in [-0.2, -0.15) is 5.10 Å². The van der Waals surface area contributed by atoms with E-state index in [0.29, 0.717) is 19.0 Å². The third-order valence-electron chi connectivity index (χ3n) is 9.11. The highest BCUT2D eigenvalue weighted by atomic mass is 19.1. The Hall–Kier alpha value is -4.78. The summed E-state index contributed by atoms with van der Waals surface area (Å²) in [5.41, 5.74) is 3.87. The zero-order valence-corrected chi connectivity index (χ0v) is 28.2. The molecule has 0 aliphatic carbocycles. The number of anilines is 2. The predicted octanol–water partition coefficient (Wildman–Crippen LogP) is 8.13. The lowest BCUT2D eigenvalue weighted by Crippen LogP contribution is -2.53. The quantitative estimate of drug-likeness (QED) is 0.158. The van der Waals surface area contributed by atoms with Crippen molar-refractivity contribution < 1.29 is 23.3 Å². The van der Waals surface area contributed by atoms with Crippen LogP contribution in [0, 0.1) is 17.9 Å². The van der Waals surface area contributed by atoms with Gasteiger partial charge in [-0.1, -0.05) is 49.4 Å². The number of hydrogen-bond donors (Lipinski definition) is 0. The number of nitrogens with zero attached hydrogens (tertiary/aromatic N) is 4. The summed E-state index contributed by atoms with van der Waals surface area (Å²) < 4.78 is 40.6. The molecule has 0 bridgehead atoms. The van der Waals surface area contributed by atoms with Crippen LogP contribution in [-0.4, -0.2) is 59.7 Å². The fraction of sp³-hybridized carbons (Fsp3) is 0.375. The first-order valence-corrected chi connectivity index (χ1v) is 17.3. The van der Waals surface area contributed by atoms with Gasteiger partial charge in [-0.25, -0.2) is 9.07 Å². The minimum atomic E-state index is -0.333. The highest BCUT2D eigenvalue weighted by molar-refractivity contribution is 5.88. The first-order chi connectivity index (χ1) is 24.1. The first kappa shape index (κ1) is 32.8. The molecule has 1 aromatic heterocycles. The van der Waals surface area contributed by atoms with Crippen LogP contribution >= 0.6 is 0 Å². The van der Waals surface area contributed by atoms with Crippen LogP contribution in [0.15, 0.2) is 85.1 Å². The SMILES string of the molecule is CCCN1CC(Oc2ccc(N3c4cc5cnn(C6CCCCO6)c5cc4OC[C@H]3C)cc2F)C1.c1ccc(OCc2ccccc2)cc#1. The van der Waals surface area contributed by atoms with Crippen molar-refractivity contribution in [2.45, 2.75) is 64.5 Å². The molecule has 9 heteroatoms. The van der Waals surface area contributed by atoms with Gasteiger partial charge in [0.25, 0.3) is 0 Å². The molecule has 49 heavy (non-hydrogen) atoms. The molecule has 4 heterocycles. The van der Waals surface area contributed by atoms with Gasteiger partial charge in [-0.05, 0) is 75.0 Å². The van der Waals surface area contributed by atoms with E-state index in [1.54, 1.807) is 24.3 Å². The number of aromatic nitrogens is 2. The Kier molecular flexibility index (Phi) is 10.2. The molecule has 3 aliphatic rings. The summed E-state index contributed by atoms with van der Waals surface area (Å²) in [5, 5.41) is 5.64. The summed E-state index contributed by atoms with van der Waals surface area (Å²) >= 11 is 0. The normalized spacial score (nSPS) is 19.1. The molecule has 2 fully saturated rings. The number of halogens is 1. The molecule has 0 amide bonds. The molecule has 0 spiro atoms. The van der Waals surface area contributed by atoms with Crippen molar-refractivity contribution in [3.8, 4) is 17.2 Å². The highest BCUT2D eigenvalue weighted by Gasteiger charge is 2.31. The Morgan fingerprint density at radius 1 is 1.02 bits per heavy atom. The summed E-state index contributed by atoms with van der Waals surface area (Å²) in [6.07, 6.45) is 6.22. The van der Waals surface area contributed by atoms with Crippen LogP contribution in [0.25, 0.3) is 10.9 Å². The topological polar surface area (TPSA) is 61.2 Å². The van der Waals surface area contributed by atoms with Gasteiger partial charge in [0.2, 0.25) is 0 Å². The standard InChI is InChI=1S/C27H33FN4O3.C13H10O/c1-3-9-30-15-21(16-30)35-25-8-7-20(12-22(25)28)31-18(2)17-34-26-13-23-19(11-24(26)31)14-29-32(23)27-6-4-5-10-33-27;1-3-7-12(8-4-1)11-14-13-9-5-2-6-10-13/h7-8,11-14,18,21,27H,3-6,9-10,15-17H2,1-2H3;1,3-5,7-10H,11H2/t18-,27?;/m1./s1. The zero-order valence-electron chi connectivity index (χ0n) is 28.2. The second-order valence-corrected chi connectivity index (χ2v) is 12.9. The van der Waals surface area contributed by atoms with Gasteiger partial charge in [-0.3, -0.25) is 4.90 Å². The average molecular weight is 663 g/mol. The average Bonchev–Trinajstić information content (AvgIpc) is 3.54. The number of rotatable bonds is 9. The van der Waals surface area contributed by atoms with Crippen LogP contribution in [0.1, 0.15) is 51.3 Å². The van der Waals surface area contributed by atoms with E-state index in [-0.39, 0.29) is 24.2 Å². The molecule has 4 aromatic carbocycles. The summed E-state index contributed by atoms with van der Waals surface area (Å²) in [7, 11) is 0. The molecule has 1 unspecified atom stereocenters. The lowest BCUT2D eigenvalue weighted by molar-refractivity contribution is -0.0366. The summed E-state index contributed by atoms with van der Waals surface area (Å²) in [6.45, 7) is 8.92. The Bertz CT molecular complexity index is 1770. The largest absolute Gasteiger partial charge is 0.489 e. The number of hydrogen-bond acceptors (Lipinski definition) is 7. The number of ether oxygens (including phenoxy) is 4.